The highest BCUT2D eigenvalue weighted by Crippen LogP contribution is 2.44. The highest BCUT2D eigenvalue weighted by atomic mass is 16.3. The topological polar surface area (TPSA) is 43.3 Å². The highest BCUT2D eigenvalue weighted by molar-refractivity contribution is 5.47. The lowest BCUT2D eigenvalue weighted by molar-refractivity contribution is -0.764. The van der Waals surface area contributed by atoms with Crippen LogP contribution < -0.4 is 15.1 Å². The third-order valence-electron chi connectivity index (χ3n) is 7.13. The summed E-state index contributed by atoms with van der Waals surface area (Å²) in [6, 6.07) is 17.9. The van der Waals surface area contributed by atoms with Crippen LogP contribution in [0.5, 0.6) is 0 Å². The fourth-order valence-electron chi connectivity index (χ4n) is 4.99. The molecule has 1 unspecified atom stereocenters. The minimum absolute atomic E-state index is 0.105. The maximum atomic E-state index is 11.8. The van der Waals surface area contributed by atoms with Crippen molar-refractivity contribution < 1.29 is 10.4 Å². The molecule has 3 N–H and O–H groups in total. The summed E-state index contributed by atoms with van der Waals surface area (Å²) in [5.74, 6) is 0.209. The minimum atomic E-state index is -0.799. The number of benzene rings is 2. The Hall–Kier alpha value is -2.30. The molecule has 4 nitrogen and oxygen atoms in total. The predicted molar refractivity (Wildman–Crippen MR) is 127 cm³/mol. The molecule has 2 aromatic carbocycles. The molecule has 0 spiro atoms. The lowest BCUT2D eigenvalue weighted by Crippen LogP contribution is -2.93. The van der Waals surface area contributed by atoms with Gasteiger partial charge in [0.1, 0.15) is 12.1 Å². The quantitative estimate of drug-likeness (QED) is 0.716. The number of aliphatic hydroxyl groups is 1. The Morgan fingerprint density at radius 1 is 0.833 bits per heavy atom. The molecule has 0 amide bonds. The van der Waals surface area contributed by atoms with Gasteiger partial charge in [-0.05, 0) is 30.7 Å². The van der Waals surface area contributed by atoms with Crippen LogP contribution in [0.15, 0.2) is 61.2 Å². The predicted octanol–water partition coefficient (Wildman–Crippen LogP) is 3.76. The summed E-state index contributed by atoms with van der Waals surface area (Å²) in [5, 5.41) is 14.3. The fourth-order valence-corrected chi connectivity index (χ4v) is 4.99. The summed E-state index contributed by atoms with van der Waals surface area (Å²) in [6.07, 6.45) is 2.47. The van der Waals surface area contributed by atoms with Gasteiger partial charge in [0.25, 0.3) is 0 Å². The fraction of sp³-hybridized carbons (Fsp3) is 0.462. The smallest absolute Gasteiger partial charge is 0.117 e. The van der Waals surface area contributed by atoms with Crippen molar-refractivity contribution in [3.8, 4) is 0 Å². The van der Waals surface area contributed by atoms with E-state index in [1.807, 2.05) is 6.08 Å². The average molecular weight is 409 g/mol. The second kappa shape index (κ2) is 8.83. The Bertz CT molecular complexity index is 778. The second-order valence-electron chi connectivity index (χ2n) is 9.28. The maximum absolute atomic E-state index is 11.8. The van der Waals surface area contributed by atoms with Gasteiger partial charge in [0.05, 0.1) is 5.60 Å². The highest BCUT2D eigenvalue weighted by Gasteiger charge is 2.53. The first-order valence-corrected chi connectivity index (χ1v) is 10.9. The van der Waals surface area contributed by atoms with Gasteiger partial charge in [-0.3, -0.25) is 0 Å². The number of nitrogens with zero attached hydrogens (tertiary/aromatic N) is 2. The average Bonchev–Trinajstić information content (AvgIpc) is 2.73. The minimum Gasteiger partial charge on any atom is -0.388 e. The zero-order valence-electron chi connectivity index (χ0n) is 19.3. The number of anilines is 2. The molecule has 0 aromatic heterocycles. The molecule has 162 valence electrons. The van der Waals surface area contributed by atoms with E-state index in [-0.39, 0.29) is 23.9 Å². The van der Waals surface area contributed by atoms with Crippen molar-refractivity contribution in [1.29, 1.82) is 0 Å². The molecule has 1 aliphatic rings. The lowest BCUT2D eigenvalue weighted by atomic mass is 9.64. The summed E-state index contributed by atoms with van der Waals surface area (Å²) in [7, 11) is 8.23. The van der Waals surface area contributed by atoms with Gasteiger partial charge >= 0.3 is 0 Å². The molecule has 5 atom stereocenters. The van der Waals surface area contributed by atoms with Crippen LogP contribution in [0.2, 0.25) is 0 Å². The van der Waals surface area contributed by atoms with Crippen molar-refractivity contribution in [2.45, 2.75) is 38.0 Å². The van der Waals surface area contributed by atoms with E-state index in [9.17, 15) is 5.11 Å². The molecule has 0 aliphatic carbocycles. The van der Waals surface area contributed by atoms with Crippen molar-refractivity contribution in [2.24, 2.45) is 11.8 Å². The number of nitrogens with two attached hydrogens (primary N) is 1. The van der Waals surface area contributed by atoms with Gasteiger partial charge in [0, 0.05) is 62.5 Å². The molecule has 2 aromatic rings. The third kappa shape index (κ3) is 4.12. The monoisotopic (exact) mass is 408 g/mol. The first-order chi connectivity index (χ1) is 14.2. The largest absolute Gasteiger partial charge is 0.388 e. The molecule has 1 heterocycles. The lowest BCUT2D eigenvalue weighted by Gasteiger charge is -2.49. The molecule has 1 aliphatic heterocycles. The SMILES string of the molecule is C=CCC1(O)[C@H](C)[C@@H](c2ccc(N(C)C)cc2)[NH2+][C@@H](c2ccc(N(C)C)cc2)[C@H]1C. The van der Waals surface area contributed by atoms with Crippen LogP contribution >= 0.6 is 0 Å². The number of hydrogen-bond acceptors (Lipinski definition) is 3. The van der Waals surface area contributed by atoms with Crippen LogP contribution in [0.3, 0.4) is 0 Å². The molecule has 0 saturated carbocycles. The summed E-state index contributed by atoms with van der Waals surface area (Å²) in [4.78, 5) is 4.23. The van der Waals surface area contributed by atoms with Gasteiger partial charge in [-0.2, -0.15) is 0 Å². The number of quaternary nitrogens is 1. The van der Waals surface area contributed by atoms with Crippen molar-refractivity contribution in [2.75, 3.05) is 38.0 Å². The Morgan fingerprint density at radius 3 is 1.50 bits per heavy atom. The molecule has 3 rings (SSSR count). The number of hydrogen-bond donors (Lipinski definition) is 2. The zero-order chi connectivity index (χ0) is 22.1. The summed E-state index contributed by atoms with van der Waals surface area (Å²) < 4.78 is 0. The Balaban J connectivity index is 1.99. The van der Waals surface area contributed by atoms with E-state index in [1.54, 1.807) is 0 Å². The summed E-state index contributed by atoms with van der Waals surface area (Å²) in [5.41, 5.74) is 4.10. The maximum Gasteiger partial charge on any atom is 0.117 e. The third-order valence-corrected chi connectivity index (χ3v) is 7.13. The molecule has 0 radical (unpaired) electrons. The molecule has 30 heavy (non-hydrogen) atoms. The van der Waals surface area contributed by atoms with E-state index < -0.39 is 5.60 Å². The molecule has 4 heteroatoms. The Kier molecular flexibility index (Phi) is 6.59. The number of piperidine rings is 1. The molecular weight excluding hydrogens is 370 g/mol. The van der Waals surface area contributed by atoms with E-state index in [2.05, 4.69) is 112 Å². The van der Waals surface area contributed by atoms with Crippen LogP contribution in [0.1, 0.15) is 43.5 Å². The Labute approximate surface area is 182 Å². The van der Waals surface area contributed by atoms with Crippen molar-refractivity contribution in [1.82, 2.24) is 0 Å². The van der Waals surface area contributed by atoms with Crippen LogP contribution in [0.4, 0.5) is 11.4 Å². The van der Waals surface area contributed by atoms with Crippen LogP contribution in [-0.4, -0.2) is 38.9 Å². The van der Waals surface area contributed by atoms with Crippen LogP contribution in [0, 0.1) is 11.8 Å². The Morgan fingerprint density at radius 2 is 1.20 bits per heavy atom. The van der Waals surface area contributed by atoms with E-state index in [4.69, 9.17) is 0 Å². The van der Waals surface area contributed by atoms with E-state index in [1.165, 1.54) is 22.5 Å². The first-order valence-electron chi connectivity index (χ1n) is 10.9. The number of rotatable bonds is 6. The van der Waals surface area contributed by atoms with E-state index in [0.717, 1.165) is 0 Å². The van der Waals surface area contributed by atoms with Crippen molar-refractivity contribution >= 4 is 11.4 Å². The molecule has 0 bridgehead atoms. The van der Waals surface area contributed by atoms with Gasteiger partial charge in [0.15, 0.2) is 0 Å². The van der Waals surface area contributed by atoms with Crippen LogP contribution in [0.25, 0.3) is 0 Å². The normalized spacial score (nSPS) is 28.8. The van der Waals surface area contributed by atoms with Gasteiger partial charge in [-0.15, -0.1) is 6.58 Å². The van der Waals surface area contributed by atoms with E-state index in [0.29, 0.717) is 6.42 Å². The zero-order valence-corrected chi connectivity index (χ0v) is 19.3. The van der Waals surface area contributed by atoms with E-state index >= 15 is 0 Å². The van der Waals surface area contributed by atoms with Crippen molar-refractivity contribution in [3.63, 3.8) is 0 Å². The molecular formula is C26H38N3O+. The summed E-state index contributed by atoms with van der Waals surface area (Å²) in [6.45, 7) is 8.32. The standard InChI is InChI=1S/C26H37N3O/c1-8-17-26(30)18(2)24(20-9-13-22(14-10-20)28(4)5)27-25(19(26)3)21-11-15-23(16-12-21)29(6)7/h8-16,18-19,24-25,27,30H,1,17H2,2-7H3/p+1/t18-,19-,24-,25+,26?/m1/s1. The van der Waals surface area contributed by atoms with Crippen LogP contribution in [-0.2, 0) is 0 Å². The van der Waals surface area contributed by atoms with Gasteiger partial charge < -0.3 is 20.2 Å². The molecule has 1 fully saturated rings. The summed E-state index contributed by atoms with van der Waals surface area (Å²) >= 11 is 0. The molecule has 1 saturated heterocycles. The van der Waals surface area contributed by atoms with Gasteiger partial charge in [-0.25, -0.2) is 0 Å². The van der Waals surface area contributed by atoms with Crippen molar-refractivity contribution in [3.05, 3.63) is 72.3 Å². The van der Waals surface area contributed by atoms with Gasteiger partial charge in [-0.1, -0.05) is 44.2 Å². The van der Waals surface area contributed by atoms with Gasteiger partial charge in [0.2, 0.25) is 0 Å². The second-order valence-corrected chi connectivity index (χ2v) is 9.28. The first kappa shape index (κ1) is 22.4.